The Bertz CT molecular complexity index is 503. The Kier molecular flexibility index (Phi) is 4.83. The quantitative estimate of drug-likeness (QED) is 0.684. The summed E-state index contributed by atoms with van der Waals surface area (Å²) in [4.78, 5) is 25.9. The zero-order valence-electron chi connectivity index (χ0n) is 12.5. The molecule has 1 aromatic carbocycles. The molecule has 2 N–H and O–H groups in total. The zero-order valence-corrected chi connectivity index (χ0v) is 12.5. The minimum Gasteiger partial charge on any atom is -0.452 e. The first-order valence-electron chi connectivity index (χ1n) is 7.33. The third-order valence-electron chi connectivity index (χ3n) is 3.95. The number of nitrogen functional groups attached to an aromatic ring is 1. The fourth-order valence-corrected chi connectivity index (χ4v) is 2.82. The van der Waals surface area contributed by atoms with Crippen LogP contribution in [0.2, 0.25) is 0 Å². The number of rotatable bonds is 3. The maximum Gasteiger partial charge on any atom is 0.338 e. The minimum absolute atomic E-state index is 0.126. The van der Waals surface area contributed by atoms with Crippen molar-refractivity contribution in [2.24, 2.45) is 0 Å². The highest BCUT2D eigenvalue weighted by atomic mass is 16.5. The first kappa shape index (κ1) is 15.4. The van der Waals surface area contributed by atoms with E-state index in [1.54, 1.807) is 24.3 Å². The van der Waals surface area contributed by atoms with Gasteiger partial charge in [0.15, 0.2) is 6.61 Å². The number of amides is 1. The maximum atomic E-state index is 12.2. The van der Waals surface area contributed by atoms with Crippen molar-refractivity contribution in [3.05, 3.63) is 29.8 Å². The zero-order chi connectivity index (χ0) is 15.4. The number of hydrogen-bond acceptors (Lipinski definition) is 4. The van der Waals surface area contributed by atoms with Gasteiger partial charge in [-0.05, 0) is 57.4 Å². The fraction of sp³-hybridized carbons (Fsp3) is 0.500. The van der Waals surface area contributed by atoms with Crippen LogP contribution in [0.1, 0.15) is 43.5 Å². The Balaban J connectivity index is 1.91. The minimum atomic E-state index is -0.499. The van der Waals surface area contributed by atoms with Crippen molar-refractivity contribution >= 4 is 17.6 Å². The lowest BCUT2D eigenvalue weighted by atomic mass is 9.97. The number of ether oxygens (including phenoxy) is 1. The summed E-state index contributed by atoms with van der Waals surface area (Å²) < 4.78 is 5.11. The predicted octanol–water partition coefficient (Wildman–Crippen LogP) is 2.22. The second kappa shape index (κ2) is 6.61. The van der Waals surface area contributed by atoms with Crippen LogP contribution < -0.4 is 5.73 Å². The van der Waals surface area contributed by atoms with Crippen molar-refractivity contribution in [1.82, 2.24) is 4.90 Å². The summed E-state index contributed by atoms with van der Waals surface area (Å²) in [5, 5.41) is 0. The van der Waals surface area contributed by atoms with E-state index in [4.69, 9.17) is 10.5 Å². The number of nitrogens with two attached hydrogens (primary N) is 1. The summed E-state index contributed by atoms with van der Waals surface area (Å²) in [6.07, 6.45) is 3.14. The number of likely N-dealkylation sites (tertiary alicyclic amines) is 1. The Morgan fingerprint density at radius 1 is 1.19 bits per heavy atom. The molecule has 1 heterocycles. The molecule has 5 heteroatoms. The summed E-state index contributed by atoms with van der Waals surface area (Å²) in [5.41, 5.74) is 6.55. The predicted molar refractivity (Wildman–Crippen MR) is 80.8 cm³/mol. The molecular weight excluding hydrogens is 268 g/mol. The normalized spacial score (nSPS) is 21.9. The molecule has 0 aromatic heterocycles. The lowest BCUT2D eigenvalue weighted by Gasteiger charge is -2.38. The van der Waals surface area contributed by atoms with Crippen LogP contribution in [0.5, 0.6) is 0 Å². The SMILES string of the molecule is C[C@H]1CCC[C@H](C)N1C(=O)COC(=O)c1ccc(N)cc1. The topological polar surface area (TPSA) is 72.6 Å². The van der Waals surface area contributed by atoms with Gasteiger partial charge in [0.1, 0.15) is 0 Å². The average Bonchev–Trinajstić information content (AvgIpc) is 2.45. The van der Waals surface area contributed by atoms with E-state index in [0.29, 0.717) is 11.3 Å². The Morgan fingerprint density at radius 2 is 1.76 bits per heavy atom. The van der Waals surface area contributed by atoms with Crippen molar-refractivity contribution in [1.29, 1.82) is 0 Å². The van der Waals surface area contributed by atoms with E-state index >= 15 is 0 Å². The molecule has 1 aliphatic heterocycles. The third-order valence-corrected chi connectivity index (χ3v) is 3.95. The van der Waals surface area contributed by atoms with Gasteiger partial charge in [0, 0.05) is 17.8 Å². The van der Waals surface area contributed by atoms with Gasteiger partial charge in [-0.25, -0.2) is 4.79 Å². The van der Waals surface area contributed by atoms with Gasteiger partial charge >= 0.3 is 5.97 Å². The summed E-state index contributed by atoms with van der Waals surface area (Å²) in [5.74, 6) is -0.626. The van der Waals surface area contributed by atoms with Crippen LogP contribution in [0.3, 0.4) is 0 Å². The van der Waals surface area contributed by atoms with Gasteiger partial charge in [0.25, 0.3) is 5.91 Å². The molecule has 0 unspecified atom stereocenters. The van der Waals surface area contributed by atoms with E-state index in [1.165, 1.54) is 0 Å². The molecule has 5 nitrogen and oxygen atoms in total. The van der Waals surface area contributed by atoms with Crippen LogP contribution in [0, 0.1) is 0 Å². The molecule has 0 aliphatic carbocycles. The lowest BCUT2D eigenvalue weighted by Crippen LogP contribution is -2.49. The molecule has 0 saturated carbocycles. The number of nitrogens with zero attached hydrogens (tertiary/aromatic N) is 1. The van der Waals surface area contributed by atoms with Crippen molar-refractivity contribution in [3.8, 4) is 0 Å². The first-order chi connectivity index (χ1) is 9.99. The third kappa shape index (κ3) is 3.74. The average molecular weight is 290 g/mol. The Morgan fingerprint density at radius 3 is 2.33 bits per heavy atom. The molecular formula is C16H22N2O3. The van der Waals surface area contributed by atoms with E-state index in [2.05, 4.69) is 0 Å². The van der Waals surface area contributed by atoms with Crippen LogP contribution in [-0.4, -0.2) is 35.5 Å². The van der Waals surface area contributed by atoms with Crippen molar-refractivity contribution in [3.63, 3.8) is 0 Å². The molecule has 0 radical (unpaired) electrons. The van der Waals surface area contributed by atoms with Gasteiger partial charge in [-0.3, -0.25) is 4.79 Å². The van der Waals surface area contributed by atoms with Gasteiger partial charge in [0.2, 0.25) is 0 Å². The number of anilines is 1. The van der Waals surface area contributed by atoms with Crippen molar-refractivity contribution in [2.75, 3.05) is 12.3 Å². The van der Waals surface area contributed by atoms with Gasteiger partial charge in [-0.2, -0.15) is 0 Å². The summed E-state index contributed by atoms with van der Waals surface area (Å²) in [7, 11) is 0. The van der Waals surface area contributed by atoms with E-state index in [9.17, 15) is 9.59 Å². The Hall–Kier alpha value is -2.04. The van der Waals surface area contributed by atoms with Crippen LogP contribution in [-0.2, 0) is 9.53 Å². The highest BCUT2D eigenvalue weighted by Crippen LogP contribution is 2.22. The van der Waals surface area contributed by atoms with Crippen LogP contribution in [0.4, 0.5) is 5.69 Å². The highest BCUT2D eigenvalue weighted by molar-refractivity contribution is 5.91. The lowest BCUT2D eigenvalue weighted by molar-refractivity contribution is -0.140. The number of carbonyl (C=O) groups excluding carboxylic acids is 2. The number of piperidine rings is 1. The molecule has 1 fully saturated rings. The van der Waals surface area contributed by atoms with E-state index < -0.39 is 5.97 Å². The van der Waals surface area contributed by atoms with E-state index in [0.717, 1.165) is 19.3 Å². The van der Waals surface area contributed by atoms with Gasteiger partial charge in [0.05, 0.1) is 5.56 Å². The smallest absolute Gasteiger partial charge is 0.338 e. The molecule has 1 amide bonds. The molecule has 0 spiro atoms. The largest absolute Gasteiger partial charge is 0.452 e. The van der Waals surface area contributed by atoms with E-state index in [1.807, 2.05) is 18.7 Å². The fourth-order valence-electron chi connectivity index (χ4n) is 2.82. The standard InChI is InChI=1S/C16H22N2O3/c1-11-4-3-5-12(2)18(11)15(19)10-21-16(20)13-6-8-14(17)9-7-13/h6-9,11-12H,3-5,10,17H2,1-2H3/t11-,12-/m0/s1. The molecule has 21 heavy (non-hydrogen) atoms. The molecule has 2 atom stereocenters. The molecule has 114 valence electrons. The molecule has 0 bridgehead atoms. The summed E-state index contributed by atoms with van der Waals surface area (Å²) in [6.45, 7) is 3.86. The second-order valence-electron chi connectivity index (χ2n) is 5.63. The molecule has 2 rings (SSSR count). The summed E-state index contributed by atoms with van der Waals surface area (Å²) >= 11 is 0. The first-order valence-corrected chi connectivity index (χ1v) is 7.33. The van der Waals surface area contributed by atoms with Crippen molar-refractivity contribution < 1.29 is 14.3 Å². The van der Waals surface area contributed by atoms with Crippen LogP contribution >= 0.6 is 0 Å². The van der Waals surface area contributed by atoms with Gasteiger partial charge in [-0.1, -0.05) is 0 Å². The number of benzene rings is 1. The van der Waals surface area contributed by atoms with E-state index in [-0.39, 0.29) is 24.6 Å². The van der Waals surface area contributed by atoms with Gasteiger partial charge in [-0.15, -0.1) is 0 Å². The Labute approximate surface area is 125 Å². The number of hydrogen-bond donors (Lipinski definition) is 1. The highest BCUT2D eigenvalue weighted by Gasteiger charge is 2.29. The summed E-state index contributed by atoms with van der Waals surface area (Å²) in [6, 6.07) is 6.86. The van der Waals surface area contributed by atoms with Crippen molar-refractivity contribution in [2.45, 2.75) is 45.2 Å². The van der Waals surface area contributed by atoms with Gasteiger partial charge < -0.3 is 15.4 Å². The number of carbonyl (C=O) groups is 2. The monoisotopic (exact) mass is 290 g/mol. The van der Waals surface area contributed by atoms with Crippen LogP contribution in [0.25, 0.3) is 0 Å². The maximum absolute atomic E-state index is 12.2. The number of esters is 1. The van der Waals surface area contributed by atoms with Crippen LogP contribution in [0.15, 0.2) is 24.3 Å². The molecule has 1 saturated heterocycles. The molecule has 1 aromatic rings. The second-order valence-corrected chi connectivity index (χ2v) is 5.63. The molecule has 1 aliphatic rings.